The molecule has 0 N–H and O–H groups in total. The first kappa shape index (κ1) is 18.6. The number of ether oxygens (including phenoxy) is 2. The molecule has 0 unspecified atom stereocenters. The van der Waals surface area contributed by atoms with Gasteiger partial charge in [-0.1, -0.05) is 0 Å². The Balaban J connectivity index is 2.18. The predicted molar refractivity (Wildman–Crippen MR) is 68.1 cm³/mol. The molecule has 25 heavy (non-hydrogen) atoms. The minimum Gasteiger partial charge on any atom is -0.465 e. The summed E-state index contributed by atoms with van der Waals surface area (Å²) in [4.78, 5) is 14.9. The Labute approximate surface area is 136 Å². The maximum Gasteiger partial charge on any atom is 0.433 e. The lowest BCUT2D eigenvalue weighted by Gasteiger charge is -2.11. The predicted octanol–water partition coefficient (Wildman–Crippen LogP) is 1.99. The van der Waals surface area contributed by atoms with Crippen molar-refractivity contribution in [3.05, 3.63) is 34.9 Å². The quantitative estimate of drug-likeness (QED) is 0.569. The average Bonchev–Trinajstić information content (AvgIpc) is 3.02. The van der Waals surface area contributed by atoms with Gasteiger partial charge in [0.15, 0.2) is 5.82 Å². The first-order valence-corrected chi connectivity index (χ1v) is 6.52. The number of alkyl halides is 5. The molecule has 2 rings (SSSR count). The molecular formula is C12H10F5N5O3. The molecule has 8 nitrogen and oxygen atoms in total. The molecule has 2 heterocycles. The molecule has 2 aromatic rings. The number of hydrogen-bond donors (Lipinski definition) is 0. The van der Waals surface area contributed by atoms with Crippen molar-refractivity contribution < 1.29 is 36.2 Å². The zero-order valence-corrected chi connectivity index (χ0v) is 12.5. The third-order valence-electron chi connectivity index (χ3n) is 2.89. The molecule has 0 saturated carbocycles. The van der Waals surface area contributed by atoms with Crippen LogP contribution >= 0.6 is 0 Å². The normalized spacial score (nSPS) is 11.8. The van der Waals surface area contributed by atoms with E-state index in [9.17, 15) is 26.7 Å². The number of nitrogens with zero attached hydrogens (tertiary/aromatic N) is 5. The van der Waals surface area contributed by atoms with Gasteiger partial charge in [-0.25, -0.2) is 9.78 Å². The third-order valence-corrected chi connectivity index (χ3v) is 2.89. The summed E-state index contributed by atoms with van der Waals surface area (Å²) in [6.07, 6.45) is -4.73. The van der Waals surface area contributed by atoms with E-state index in [0.29, 0.717) is 6.07 Å². The Hall–Kier alpha value is -2.70. The Kier molecular flexibility index (Phi) is 5.56. The van der Waals surface area contributed by atoms with Gasteiger partial charge in [-0.3, -0.25) is 0 Å². The van der Waals surface area contributed by atoms with Gasteiger partial charge in [0.25, 0.3) is 0 Å². The van der Waals surface area contributed by atoms with Crippen LogP contribution in [0.25, 0.3) is 0 Å². The van der Waals surface area contributed by atoms with E-state index in [4.69, 9.17) is 4.74 Å². The lowest BCUT2D eigenvalue weighted by atomic mass is 10.1. The van der Waals surface area contributed by atoms with Gasteiger partial charge < -0.3 is 9.47 Å². The van der Waals surface area contributed by atoms with Crippen LogP contribution in [0.3, 0.4) is 0 Å². The van der Waals surface area contributed by atoms with E-state index in [0.717, 1.165) is 13.2 Å². The van der Waals surface area contributed by atoms with Crippen LogP contribution in [-0.4, -0.2) is 38.3 Å². The number of aromatic nitrogens is 5. The smallest absolute Gasteiger partial charge is 0.433 e. The van der Waals surface area contributed by atoms with Gasteiger partial charge in [0, 0.05) is 0 Å². The summed E-state index contributed by atoms with van der Waals surface area (Å²) in [7, 11) is 1.04. The highest BCUT2D eigenvalue weighted by Crippen LogP contribution is 2.28. The molecule has 0 aliphatic rings. The first-order chi connectivity index (χ1) is 11.7. The van der Waals surface area contributed by atoms with Crippen molar-refractivity contribution in [2.75, 3.05) is 7.11 Å². The number of tetrazole rings is 1. The van der Waals surface area contributed by atoms with E-state index in [1.54, 1.807) is 0 Å². The highest BCUT2D eigenvalue weighted by atomic mass is 19.4. The van der Waals surface area contributed by atoms with Crippen molar-refractivity contribution in [1.29, 1.82) is 0 Å². The van der Waals surface area contributed by atoms with Crippen LogP contribution in [-0.2, 0) is 28.9 Å². The van der Waals surface area contributed by atoms with E-state index in [-0.39, 0.29) is 21.8 Å². The summed E-state index contributed by atoms with van der Waals surface area (Å²) in [5.74, 6) is -1.26. The van der Waals surface area contributed by atoms with Crippen LogP contribution in [0.15, 0.2) is 12.1 Å². The Morgan fingerprint density at radius 2 is 2.00 bits per heavy atom. The van der Waals surface area contributed by atoms with Gasteiger partial charge >= 0.3 is 18.7 Å². The SMILES string of the molecule is COC(=O)c1ccc(C(F)(F)F)nc1COCc1nnnn1C(F)F. The van der Waals surface area contributed by atoms with E-state index in [1.165, 1.54) is 0 Å². The standard InChI is InChI=1S/C12H10F5N5O3/c1-24-10(23)6-2-3-8(12(15,16)17)18-7(6)4-25-5-9-19-20-21-22(9)11(13)14/h2-3,11H,4-5H2,1H3. The molecule has 0 atom stereocenters. The van der Waals surface area contributed by atoms with Crippen molar-refractivity contribution in [2.45, 2.75) is 25.9 Å². The van der Waals surface area contributed by atoms with Gasteiger partial charge in [-0.15, -0.1) is 5.10 Å². The minimum absolute atomic E-state index is 0.181. The van der Waals surface area contributed by atoms with Gasteiger partial charge in [0.2, 0.25) is 0 Å². The molecule has 0 fully saturated rings. The van der Waals surface area contributed by atoms with Crippen molar-refractivity contribution >= 4 is 5.97 Å². The number of hydrogen-bond acceptors (Lipinski definition) is 7. The molecule has 0 aliphatic carbocycles. The number of rotatable bonds is 6. The molecule has 0 aromatic carbocycles. The van der Waals surface area contributed by atoms with Crippen molar-refractivity contribution in [3.63, 3.8) is 0 Å². The van der Waals surface area contributed by atoms with Gasteiger partial charge in [-0.2, -0.15) is 26.6 Å². The molecule has 0 radical (unpaired) electrons. The van der Waals surface area contributed by atoms with Crippen LogP contribution in [0.5, 0.6) is 0 Å². The fourth-order valence-corrected chi connectivity index (χ4v) is 1.76. The average molecular weight is 367 g/mol. The van der Waals surface area contributed by atoms with Crippen molar-refractivity contribution in [2.24, 2.45) is 0 Å². The number of carbonyl (C=O) groups excluding carboxylic acids is 1. The lowest BCUT2D eigenvalue weighted by molar-refractivity contribution is -0.141. The zero-order valence-electron chi connectivity index (χ0n) is 12.5. The van der Waals surface area contributed by atoms with Crippen LogP contribution in [0.1, 0.15) is 34.1 Å². The molecule has 0 bridgehead atoms. The van der Waals surface area contributed by atoms with E-state index in [1.807, 2.05) is 0 Å². The van der Waals surface area contributed by atoms with Crippen molar-refractivity contribution in [3.8, 4) is 0 Å². The third kappa shape index (κ3) is 4.43. The van der Waals surface area contributed by atoms with Gasteiger partial charge in [0.05, 0.1) is 25.0 Å². The second-order valence-electron chi connectivity index (χ2n) is 4.49. The maximum atomic E-state index is 12.7. The van der Waals surface area contributed by atoms with Crippen LogP contribution in [0, 0.1) is 0 Å². The summed E-state index contributed by atoms with van der Waals surface area (Å²) in [6, 6.07) is 1.51. The lowest BCUT2D eigenvalue weighted by Crippen LogP contribution is -2.15. The van der Waals surface area contributed by atoms with Crippen molar-refractivity contribution in [1.82, 2.24) is 25.2 Å². The minimum atomic E-state index is -4.73. The summed E-state index contributed by atoms with van der Waals surface area (Å²) < 4.78 is 73.0. The largest absolute Gasteiger partial charge is 0.465 e. The monoisotopic (exact) mass is 367 g/mol. The Morgan fingerprint density at radius 3 is 2.60 bits per heavy atom. The number of halogens is 5. The number of pyridine rings is 1. The Bertz CT molecular complexity index is 749. The van der Waals surface area contributed by atoms with E-state index >= 15 is 0 Å². The Morgan fingerprint density at radius 1 is 1.28 bits per heavy atom. The molecule has 0 aliphatic heterocycles. The molecule has 13 heteroatoms. The first-order valence-electron chi connectivity index (χ1n) is 6.52. The topological polar surface area (TPSA) is 92.0 Å². The zero-order chi connectivity index (χ0) is 18.6. The fraction of sp³-hybridized carbons (Fsp3) is 0.417. The molecule has 0 spiro atoms. The van der Waals surface area contributed by atoms with Crippen LogP contribution in [0.4, 0.5) is 22.0 Å². The number of esters is 1. The number of carbonyl (C=O) groups is 1. The molecule has 136 valence electrons. The fourth-order valence-electron chi connectivity index (χ4n) is 1.76. The molecule has 0 saturated heterocycles. The van der Waals surface area contributed by atoms with E-state index < -0.39 is 37.6 Å². The highest BCUT2D eigenvalue weighted by molar-refractivity contribution is 5.90. The summed E-state index contributed by atoms with van der Waals surface area (Å²) in [5.41, 5.74) is -1.85. The molecule has 2 aromatic heterocycles. The van der Waals surface area contributed by atoms with Crippen LogP contribution in [0.2, 0.25) is 0 Å². The maximum absolute atomic E-state index is 12.7. The molecular weight excluding hydrogens is 357 g/mol. The summed E-state index contributed by atoms with van der Waals surface area (Å²) in [5, 5.41) is 9.38. The van der Waals surface area contributed by atoms with Crippen LogP contribution < -0.4 is 0 Å². The summed E-state index contributed by atoms with van der Waals surface area (Å²) >= 11 is 0. The van der Waals surface area contributed by atoms with E-state index in [2.05, 4.69) is 25.2 Å². The number of methoxy groups -OCH3 is 1. The van der Waals surface area contributed by atoms with Gasteiger partial charge in [0.1, 0.15) is 12.3 Å². The second-order valence-corrected chi connectivity index (χ2v) is 4.49. The molecule has 0 amide bonds. The summed E-state index contributed by atoms with van der Waals surface area (Å²) in [6.45, 7) is -4.12. The highest BCUT2D eigenvalue weighted by Gasteiger charge is 2.33. The second kappa shape index (κ2) is 7.46. The van der Waals surface area contributed by atoms with Gasteiger partial charge in [-0.05, 0) is 22.6 Å².